The monoisotopic (exact) mass is 384 g/mol. The van der Waals surface area contributed by atoms with Crippen LogP contribution in [0.5, 0.6) is 0 Å². The third-order valence-corrected chi connectivity index (χ3v) is 5.82. The van der Waals surface area contributed by atoms with Gasteiger partial charge in [-0.2, -0.15) is 0 Å². The first kappa shape index (κ1) is 19.1. The Bertz CT molecular complexity index is 1040. The molecular formula is C20H24N4O2S. The van der Waals surface area contributed by atoms with Crippen molar-refractivity contribution in [2.45, 2.75) is 33.6 Å². The van der Waals surface area contributed by atoms with Gasteiger partial charge in [-0.05, 0) is 44.5 Å². The quantitative estimate of drug-likeness (QED) is 0.680. The van der Waals surface area contributed by atoms with E-state index in [0.717, 1.165) is 33.2 Å². The number of carbonyl (C=O) groups is 1. The van der Waals surface area contributed by atoms with Crippen LogP contribution in [0.2, 0.25) is 0 Å². The number of aromatic nitrogens is 2. The van der Waals surface area contributed by atoms with E-state index in [1.807, 2.05) is 45.2 Å². The van der Waals surface area contributed by atoms with E-state index >= 15 is 0 Å². The lowest BCUT2D eigenvalue weighted by molar-refractivity contribution is -0.116. The molecule has 0 aliphatic heterocycles. The van der Waals surface area contributed by atoms with Gasteiger partial charge in [-0.1, -0.05) is 6.07 Å². The Kier molecular flexibility index (Phi) is 5.60. The summed E-state index contributed by atoms with van der Waals surface area (Å²) in [7, 11) is 2.01. The molecule has 27 heavy (non-hydrogen) atoms. The number of hydrogen-bond donors (Lipinski definition) is 2. The largest absolute Gasteiger partial charge is 0.375 e. The molecule has 3 aromatic rings. The van der Waals surface area contributed by atoms with Gasteiger partial charge in [0.25, 0.3) is 5.56 Å². The van der Waals surface area contributed by atoms with E-state index in [9.17, 15) is 9.59 Å². The first-order valence-electron chi connectivity index (χ1n) is 8.99. The number of aromatic amines is 1. The van der Waals surface area contributed by atoms with E-state index in [1.165, 1.54) is 11.3 Å². The van der Waals surface area contributed by atoms with Crippen LogP contribution in [0.3, 0.4) is 0 Å². The Labute approximate surface area is 162 Å². The molecule has 142 valence electrons. The summed E-state index contributed by atoms with van der Waals surface area (Å²) in [5, 5.41) is 3.57. The van der Waals surface area contributed by atoms with Crippen LogP contribution in [0.25, 0.3) is 10.2 Å². The first-order chi connectivity index (χ1) is 12.9. The average Bonchev–Trinajstić information content (AvgIpc) is 2.94. The lowest BCUT2D eigenvalue weighted by Gasteiger charge is -2.17. The fraction of sp³-hybridized carbons (Fsp3) is 0.350. The van der Waals surface area contributed by atoms with Gasteiger partial charge in [-0.25, -0.2) is 4.98 Å². The van der Waals surface area contributed by atoms with Crippen molar-refractivity contribution in [3.63, 3.8) is 0 Å². The number of fused-ring (bicyclic) bond motifs is 1. The molecule has 7 heteroatoms. The molecule has 0 spiro atoms. The number of aryl methyl sites for hydroxylation is 3. The number of hydrogen-bond acceptors (Lipinski definition) is 5. The second-order valence-electron chi connectivity index (χ2n) is 6.59. The van der Waals surface area contributed by atoms with Crippen molar-refractivity contribution in [1.82, 2.24) is 9.97 Å². The second kappa shape index (κ2) is 7.92. The zero-order valence-electron chi connectivity index (χ0n) is 16.0. The minimum atomic E-state index is -0.132. The Balaban J connectivity index is 1.68. The Morgan fingerprint density at radius 3 is 2.85 bits per heavy atom. The lowest BCUT2D eigenvalue weighted by Crippen LogP contribution is -2.17. The third-order valence-electron chi connectivity index (χ3n) is 4.72. The molecule has 0 aliphatic rings. The van der Waals surface area contributed by atoms with E-state index in [2.05, 4.69) is 27.1 Å². The molecule has 1 amide bonds. The van der Waals surface area contributed by atoms with Gasteiger partial charge < -0.3 is 15.2 Å². The SMILES string of the molecule is CCN(C)c1cccc(NC(=O)CCc2nc3sc(C)c(C)c3c(=O)[nH]2)c1. The lowest BCUT2D eigenvalue weighted by atomic mass is 10.2. The summed E-state index contributed by atoms with van der Waals surface area (Å²) < 4.78 is 0. The van der Waals surface area contributed by atoms with Crippen LogP contribution >= 0.6 is 11.3 Å². The van der Waals surface area contributed by atoms with E-state index in [1.54, 1.807) is 0 Å². The van der Waals surface area contributed by atoms with Gasteiger partial charge >= 0.3 is 0 Å². The van der Waals surface area contributed by atoms with Crippen LogP contribution in [-0.2, 0) is 11.2 Å². The van der Waals surface area contributed by atoms with Crippen molar-refractivity contribution in [2.24, 2.45) is 0 Å². The van der Waals surface area contributed by atoms with Crippen LogP contribution in [0.4, 0.5) is 11.4 Å². The number of anilines is 2. The van der Waals surface area contributed by atoms with Crippen molar-refractivity contribution in [3.8, 4) is 0 Å². The van der Waals surface area contributed by atoms with Crippen molar-refractivity contribution in [2.75, 3.05) is 23.8 Å². The van der Waals surface area contributed by atoms with Gasteiger partial charge in [0.2, 0.25) is 5.91 Å². The molecule has 0 unspecified atom stereocenters. The molecule has 2 N–H and O–H groups in total. The third kappa shape index (κ3) is 4.19. The number of benzene rings is 1. The summed E-state index contributed by atoms with van der Waals surface area (Å²) in [5.74, 6) is 0.441. The molecule has 0 saturated carbocycles. The average molecular weight is 385 g/mol. The van der Waals surface area contributed by atoms with Gasteiger partial charge in [0.1, 0.15) is 10.7 Å². The molecule has 1 aromatic carbocycles. The molecule has 2 aromatic heterocycles. The van der Waals surface area contributed by atoms with E-state index in [0.29, 0.717) is 17.6 Å². The number of H-pyrrole nitrogens is 1. The topological polar surface area (TPSA) is 78.1 Å². The molecule has 0 saturated heterocycles. The summed E-state index contributed by atoms with van der Waals surface area (Å²) in [5.41, 5.74) is 2.66. The predicted octanol–water partition coefficient (Wildman–Crippen LogP) is 3.63. The van der Waals surface area contributed by atoms with Crippen LogP contribution in [0.1, 0.15) is 29.6 Å². The number of nitrogens with one attached hydrogen (secondary N) is 2. The van der Waals surface area contributed by atoms with Crippen LogP contribution in [0.15, 0.2) is 29.1 Å². The summed E-state index contributed by atoms with van der Waals surface area (Å²) in [4.78, 5) is 35.9. The van der Waals surface area contributed by atoms with E-state index in [-0.39, 0.29) is 17.9 Å². The van der Waals surface area contributed by atoms with Gasteiger partial charge in [-0.15, -0.1) is 11.3 Å². The van der Waals surface area contributed by atoms with Gasteiger partial charge in [-0.3, -0.25) is 9.59 Å². The maximum absolute atomic E-state index is 12.3. The van der Waals surface area contributed by atoms with Gasteiger partial charge in [0.05, 0.1) is 5.39 Å². The molecule has 2 heterocycles. The van der Waals surface area contributed by atoms with E-state index < -0.39 is 0 Å². The highest BCUT2D eigenvalue weighted by Gasteiger charge is 2.13. The number of rotatable bonds is 6. The normalized spacial score (nSPS) is 11.0. The molecule has 0 fully saturated rings. The second-order valence-corrected chi connectivity index (χ2v) is 7.79. The molecule has 0 bridgehead atoms. The Morgan fingerprint density at radius 1 is 1.33 bits per heavy atom. The van der Waals surface area contributed by atoms with Crippen molar-refractivity contribution >= 4 is 38.8 Å². The zero-order chi connectivity index (χ0) is 19.6. The molecule has 0 aliphatic carbocycles. The standard InChI is InChI=1S/C20H24N4O2S/c1-5-24(4)15-8-6-7-14(11-15)21-17(25)10-9-16-22-19(26)18-12(2)13(3)27-20(18)23-16/h6-8,11H,5,9-10H2,1-4H3,(H,21,25)(H,22,23,26). The smallest absolute Gasteiger partial charge is 0.259 e. The predicted molar refractivity (Wildman–Crippen MR) is 112 cm³/mol. The molecule has 6 nitrogen and oxygen atoms in total. The van der Waals surface area contributed by atoms with Crippen molar-refractivity contribution in [3.05, 3.63) is 50.9 Å². The maximum Gasteiger partial charge on any atom is 0.259 e. The number of amides is 1. The highest BCUT2D eigenvalue weighted by Crippen LogP contribution is 2.25. The Hall–Kier alpha value is -2.67. The van der Waals surface area contributed by atoms with Crippen LogP contribution in [0, 0.1) is 13.8 Å². The minimum absolute atomic E-state index is 0.104. The fourth-order valence-electron chi connectivity index (χ4n) is 2.88. The fourth-order valence-corrected chi connectivity index (χ4v) is 3.93. The molecule has 0 radical (unpaired) electrons. The molecular weight excluding hydrogens is 360 g/mol. The summed E-state index contributed by atoms with van der Waals surface area (Å²) in [6.45, 7) is 6.88. The summed E-state index contributed by atoms with van der Waals surface area (Å²) in [6, 6.07) is 7.75. The van der Waals surface area contributed by atoms with Gasteiger partial charge in [0, 0.05) is 42.7 Å². The van der Waals surface area contributed by atoms with Crippen molar-refractivity contribution < 1.29 is 4.79 Å². The highest BCUT2D eigenvalue weighted by atomic mass is 32.1. The number of nitrogens with zero attached hydrogens (tertiary/aromatic N) is 2. The number of carbonyl (C=O) groups excluding carboxylic acids is 1. The number of thiophene rings is 1. The first-order valence-corrected chi connectivity index (χ1v) is 9.80. The van der Waals surface area contributed by atoms with Crippen LogP contribution < -0.4 is 15.8 Å². The molecule has 0 atom stereocenters. The maximum atomic E-state index is 12.3. The van der Waals surface area contributed by atoms with Crippen molar-refractivity contribution in [1.29, 1.82) is 0 Å². The summed E-state index contributed by atoms with van der Waals surface area (Å²) in [6.07, 6.45) is 0.646. The Morgan fingerprint density at radius 2 is 2.11 bits per heavy atom. The molecule has 3 rings (SSSR count). The summed E-state index contributed by atoms with van der Waals surface area (Å²) >= 11 is 1.51. The zero-order valence-corrected chi connectivity index (χ0v) is 16.9. The van der Waals surface area contributed by atoms with Gasteiger partial charge in [0.15, 0.2) is 0 Å². The highest BCUT2D eigenvalue weighted by molar-refractivity contribution is 7.18. The minimum Gasteiger partial charge on any atom is -0.375 e. The van der Waals surface area contributed by atoms with Crippen LogP contribution in [-0.4, -0.2) is 29.5 Å². The van der Waals surface area contributed by atoms with E-state index in [4.69, 9.17) is 0 Å².